The van der Waals surface area contributed by atoms with Crippen molar-refractivity contribution < 1.29 is 45.8 Å². The first-order valence-electron chi connectivity index (χ1n) is 12.7. The molecule has 43 heavy (non-hydrogen) atoms. The summed E-state index contributed by atoms with van der Waals surface area (Å²) in [6.07, 6.45) is -8.45. The number of hydrogen-bond acceptors (Lipinski definition) is 5. The molecule has 230 valence electrons. The van der Waals surface area contributed by atoms with Gasteiger partial charge in [-0.2, -0.15) is 31.4 Å². The number of halogens is 6. The van der Waals surface area contributed by atoms with Crippen LogP contribution < -0.4 is 5.32 Å². The molecule has 2 aromatic carbocycles. The van der Waals surface area contributed by atoms with Crippen molar-refractivity contribution in [2.45, 2.75) is 52.1 Å². The van der Waals surface area contributed by atoms with Crippen LogP contribution in [0.5, 0.6) is 0 Å². The van der Waals surface area contributed by atoms with Crippen molar-refractivity contribution in [1.29, 1.82) is 0 Å². The van der Waals surface area contributed by atoms with Gasteiger partial charge in [0.05, 0.1) is 46.4 Å². The van der Waals surface area contributed by atoms with E-state index in [2.05, 4.69) is 10.4 Å². The highest BCUT2D eigenvalue weighted by atomic mass is 32.2. The standard InChI is InChI=1S/C28H26F6N4O4S/c1-25(2,3)26(4,36-23(40)41)14-37-22(39)21(43-24(37)42)10-15-5-8-20-17(9-15)12-35-38(20)13-16-6-7-18(27(29,30)31)11-19(16)28(32,33)34/h5-12,36H,13-14H2,1-4H3,(H,40,41)/t26-/m0/s1. The number of nitrogens with one attached hydrogen (secondary N) is 1. The lowest BCUT2D eigenvalue weighted by Gasteiger charge is -2.43. The minimum atomic E-state index is -5.02. The van der Waals surface area contributed by atoms with Crippen molar-refractivity contribution in [2.24, 2.45) is 5.41 Å². The molecule has 2 N–H and O–H groups in total. The number of benzene rings is 2. The second kappa shape index (κ2) is 10.9. The van der Waals surface area contributed by atoms with Gasteiger partial charge < -0.3 is 10.4 Å². The average molecular weight is 629 g/mol. The molecule has 1 fully saturated rings. The molecular weight excluding hydrogens is 602 g/mol. The monoisotopic (exact) mass is 628 g/mol. The van der Waals surface area contributed by atoms with E-state index in [0.717, 1.165) is 11.0 Å². The van der Waals surface area contributed by atoms with Crippen molar-refractivity contribution in [3.05, 3.63) is 69.8 Å². The molecule has 1 saturated heterocycles. The smallest absolute Gasteiger partial charge is 0.416 e. The molecule has 3 aromatic rings. The van der Waals surface area contributed by atoms with Gasteiger partial charge in [-0.15, -0.1) is 0 Å². The summed E-state index contributed by atoms with van der Waals surface area (Å²) in [5.41, 5.74) is -4.18. The topological polar surface area (TPSA) is 105 Å². The molecule has 15 heteroatoms. The van der Waals surface area contributed by atoms with Crippen LogP contribution in [0.2, 0.25) is 0 Å². The van der Waals surface area contributed by atoms with E-state index in [1.807, 2.05) is 0 Å². The fraction of sp³-hybridized carbons (Fsp3) is 0.357. The molecule has 1 aliphatic heterocycles. The van der Waals surface area contributed by atoms with Crippen LogP contribution in [0, 0.1) is 5.41 Å². The maximum atomic E-state index is 13.6. The minimum Gasteiger partial charge on any atom is -0.465 e. The van der Waals surface area contributed by atoms with E-state index in [9.17, 15) is 45.8 Å². The fourth-order valence-corrected chi connectivity index (χ4v) is 5.28. The van der Waals surface area contributed by atoms with Crippen molar-refractivity contribution in [1.82, 2.24) is 20.0 Å². The molecule has 0 spiro atoms. The van der Waals surface area contributed by atoms with Crippen LogP contribution in [0.25, 0.3) is 17.0 Å². The highest BCUT2D eigenvalue weighted by Gasteiger charge is 2.46. The summed E-state index contributed by atoms with van der Waals surface area (Å²) in [4.78, 5) is 38.3. The molecule has 0 radical (unpaired) electrons. The van der Waals surface area contributed by atoms with E-state index >= 15 is 0 Å². The van der Waals surface area contributed by atoms with Gasteiger partial charge in [0.25, 0.3) is 11.1 Å². The predicted molar refractivity (Wildman–Crippen MR) is 147 cm³/mol. The third-order valence-corrected chi connectivity index (χ3v) is 8.32. The predicted octanol–water partition coefficient (Wildman–Crippen LogP) is 7.23. The van der Waals surface area contributed by atoms with Crippen LogP contribution in [0.15, 0.2) is 47.5 Å². The SMILES string of the molecule is CC(C)(C)[C@](C)(CN1C(=O)SC(=Cc2ccc3c(cnn3Cc3ccc(C(F)(F)F)cc3C(F)(F)F)c2)C1=O)NC(=O)O. The van der Waals surface area contributed by atoms with Gasteiger partial charge in [-0.3, -0.25) is 19.2 Å². The van der Waals surface area contributed by atoms with Crippen LogP contribution in [-0.4, -0.2) is 49.1 Å². The largest absolute Gasteiger partial charge is 0.465 e. The average Bonchev–Trinajstić information content (AvgIpc) is 3.37. The Bertz CT molecular complexity index is 1640. The molecule has 0 unspecified atom stereocenters. The molecule has 8 nitrogen and oxygen atoms in total. The molecule has 2 heterocycles. The third-order valence-electron chi connectivity index (χ3n) is 7.41. The van der Waals surface area contributed by atoms with Crippen molar-refractivity contribution >= 4 is 46.0 Å². The highest BCUT2D eigenvalue weighted by Crippen LogP contribution is 2.39. The maximum Gasteiger partial charge on any atom is 0.416 e. The lowest BCUT2D eigenvalue weighted by molar-refractivity contribution is -0.143. The van der Waals surface area contributed by atoms with Crippen LogP contribution in [-0.2, 0) is 23.7 Å². The summed E-state index contributed by atoms with van der Waals surface area (Å²) in [5.74, 6) is -0.615. The zero-order valence-electron chi connectivity index (χ0n) is 23.2. The van der Waals surface area contributed by atoms with Crippen molar-refractivity contribution in [3.8, 4) is 0 Å². The first-order chi connectivity index (χ1) is 19.7. The molecule has 3 amide bonds. The molecule has 1 aliphatic rings. The fourth-order valence-electron chi connectivity index (χ4n) is 4.44. The molecule has 0 saturated carbocycles. The first kappa shape index (κ1) is 31.9. The number of rotatable bonds is 6. The summed E-state index contributed by atoms with van der Waals surface area (Å²) in [6.45, 7) is 6.26. The number of thioether (sulfide) groups is 1. The number of amides is 3. The Morgan fingerprint density at radius 2 is 1.67 bits per heavy atom. The number of carbonyl (C=O) groups excluding carboxylic acids is 2. The zero-order chi connectivity index (χ0) is 32.1. The van der Waals surface area contributed by atoms with Gasteiger partial charge in [-0.1, -0.05) is 32.9 Å². The Labute approximate surface area is 245 Å². The van der Waals surface area contributed by atoms with E-state index in [1.54, 1.807) is 39.8 Å². The van der Waals surface area contributed by atoms with Gasteiger partial charge in [-0.05, 0) is 65.6 Å². The zero-order valence-corrected chi connectivity index (χ0v) is 24.0. The van der Waals surface area contributed by atoms with Gasteiger partial charge in [0.1, 0.15) is 0 Å². The normalized spacial score (nSPS) is 17.2. The Morgan fingerprint density at radius 3 is 2.26 bits per heavy atom. The summed E-state index contributed by atoms with van der Waals surface area (Å²) in [5, 5.41) is 15.7. The number of aromatic nitrogens is 2. The number of carbonyl (C=O) groups is 3. The molecule has 1 aromatic heterocycles. The summed E-state index contributed by atoms with van der Waals surface area (Å²) in [7, 11) is 0. The molecule has 4 rings (SSSR count). The number of carboxylic acid groups (broad SMARTS) is 1. The summed E-state index contributed by atoms with van der Waals surface area (Å²) in [6, 6.07) is 6.12. The summed E-state index contributed by atoms with van der Waals surface area (Å²) >= 11 is 0.682. The van der Waals surface area contributed by atoms with Crippen LogP contribution in [0.1, 0.15) is 49.9 Å². The van der Waals surface area contributed by atoms with Crippen molar-refractivity contribution in [2.75, 3.05) is 6.54 Å². The van der Waals surface area contributed by atoms with Crippen molar-refractivity contribution in [3.63, 3.8) is 0 Å². The quantitative estimate of drug-likeness (QED) is 0.221. The van der Waals surface area contributed by atoms with Crippen LogP contribution in [0.4, 0.5) is 35.9 Å². The number of hydrogen-bond donors (Lipinski definition) is 2. The Kier molecular flexibility index (Phi) is 8.11. The lowest BCUT2D eigenvalue weighted by atomic mass is 9.74. The van der Waals surface area contributed by atoms with Gasteiger partial charge >= 0.3 is 18.4 Å². The lowest BCUT2D eigenvalue weighted by Crippen LogP contribution is -2.61. The molecule has 0 aliphatic carbocycles. The Hall–Kier alpha value is -4.01. The van der Waals surface area contributed by atoms with Gasteiger partial charge in [0, 0.05) is 5.39 Å². The van der Waals surface area contributed by atoms with Gasteiger partial charge in [-0.25, -0.2) is 4.79 Å². The highest BCUT2D eigenvalue weighted by molar-refractivity contribution is 8.18. The number of fused-ring (bicyclic) bond motifs is 1. The first-order valence-corrected chi connectivity index (χ1v) is 13.5. The second-order valence-corrected chi connectivity index (χ2v) is 12.3. The Morgan fingerprint density at radius 1 is 1.00 bits per heavy atom. The van der Waals surface area contributed by atoms with E-state index < -0.39 is 63.8 Å². The van der Waals surface area contributed by atoms with Gasteiger partial charge in [0.15, 0.2) is 0 Å². The Balaban J connectivity index is 1.60. The van der Waals surface area contributed by atoms with E-state index in [0.29, 0.717) is 34.3 Å². The van der Waals surface area contributed by atoms with E-state index in [1.165, 1.54) is 23.0 Å². The third kappa shape index (κ3) is 6.65. The van der Waals surface area contributed by atoms with Gasteiger partial charge in [0.2, 0.25) is 0 Å². The second-order valence-electron chi connectivity index (χ2n) is 11.3. The maximum absolute atomic E-state index is 13.6. The number of alkyl halides is 6. The number of nitrogens with zero attached hydrogens (tertiary/aromatic N) is 3. The van der Waals surface area contributed by atoms with E-state index in [-0.39, 0.29) is 17.5 Å². The molecule has 1 atom stereocenters. The number of imide groups is 1. The van der Waals surface area contributed by atoms with E-state index in [4.69, 9.17) is 0 Å². The van der Waals surface area contributed by atoms with Crippen LogP contribution in [0.3, 0.4) is 0 Å². The molecule has 0 bridgehead atoms. The van der Waals surface area contributed by atoms with Crippen LogP contribution >= 0.6 is 11.8 Å². The summed E-state index contributed by atoms with van der Waals surface area (Å²) < 4.78 is 81.1. The minimum absolute atomic E-state index is 0.0774. The molecular formula is C28H26F6N4O4S.